The van der Waals surface area contributed by atoms with Crippen LogP contribution in [0.2, 0.25) is 0 Å². The summed E-state index contributed by atoms with van der Waals surface area (Å²) >= 11 is -11.4. The molecule has 0 bridgehead atoms. The number of halogens is 6. The standard InChI is InChI=1S/C4H6N2.6FH.Ta/c1-6-3-2-5-4-6;;;;;;;/h2-4H,1H3;6*1H;/q;;;;;;;+5/p-5. The average Bonchev–Trinajstić information content (AvgIpc) is 2.07. The Bertz CT molecular complexity index is 247. The van der Waals surface area contributed by atoms with Crippen molar-refractivity contribution in [2.75, 3.05) is 0 Å². The van der Waals surface area contributed by atoms with Gasteiger partial charge in [-0.2, -0.15) is 0 Å². The third-order valence-corrected chi connectivity index (χ3v) is 0.684. The molecule has 0 aliphatic heterocycles. The van der Waals surface area contributed by atoms with Gasteiger partial charge in [-0.3, -0.25) is 4.98 Å². The number of rotatable bonds is 0. The van der Waals surface area contributed by atoms with Crippen LogP contribution in [0.25, 0.3) is 0 Å². The van der Waals surface area contributed by atoms with Gasteiger partial charge in [-0.1, -0.05) is 0 Å². The summed E-state index contributed by atoms with van der Waals surface area (Å²) in [6, 6.07) is 0. The third kappa shape index (κ3) is 24.6. The van der Waals surface area contributed by atoms with Crippen LogP contribution in [0, 0.1) is 0 Å². The first kappa shape index (κ1) is 12.5. The van der Waals surface area contributed by atoms with Gasteiger partial charge in [-0.15, -0.1) is 0 Å². The van der Waals surface area contributed by atoms with Crippen LogP contribution in [0.15, 0.2) is 18.7 Å². The molecule has 0 fully saturated rings. The van der Waals surface area contributed by atoms with Crippen LogP contribution in [0.1, 0.15) is 0 Å². The summed E-state index contributed by atoms with van der Waals surface area (Å²) in [6.07, 6.45) is 5.69. The van der Waals surface area contributed by atoms with Gasteiger partial charge in [0.15, 0.2) is 0 Å². The number of nitrogens with zero attached hydrogens (tertiary/aromatic N) is 1. The topological polar surface area (TPSA) is 19.7 Å². The second-order valence-corrected chi connectivity index (χ2v) is 9.12. The molecule has 1 rings (SSSR count). The molecule has 1 aromatic rings. The first-order valence-corrected chi connectivity index (χ1v) is 10.2. The van der Waals surface area contributed by atoms with Crippen molar-refractivity contribution in [1.29, 1.82) is 0 Å². The molecule has 9 heteroatoms. The third-order valence-electron chi connectivity index (χ3n) is 0.684. The van der Waals surface area contributed by atoms with E-state index in [2.05, 4.69) is 4.98 Å². The predicted octanol–water partition coefficient (Wildman–Crippen LogP) is 2.36. The molecule has 13 heavy (non-hydrogen) atoms. The molecule has 0 saturated heterocycles. The Morgan fingerprint density at radius 3 is 1.54 bits per heavy atom. The summed E-state index contributed by atoms with van der Waals surface area (Å²) in [4.78, 5) is 2.89. The van der Waals surface area contributed by atoms with Crippen LogP contribution in [0.5, 0.6) is 0 Å². The van der Waals surface area contributed by atoms with E-state index in [0.29, 0.717) is 0 Å². The number of hydrogen-bond donors (Lipinski definition) is 1. The molecule has 0 saturated carbocycles. The number of nitrogens with one attached hydrogen (secondary N) is 1. The second kappa shape index (κ2) is 2.76. The summed E-state index contributed by atoms with van der Waals surface area (Å²) in [5.74, 6) is 0. The van der Waals surface area contributed by atoms with Gasteiger partial charge in [-0.05, 0) is 0 Å². The van der Waals surface area contributed by atoms with Gasteiger partial charge in [0.2, 0.25) is 6.33 Å². The molecule has 0 aromatic carbocycles. The summed E-state index contributed by atoms with van der Waals surface area (Å²) in [7, 11) is 1.97. The van der Waals surface area contributed by atoms with Crippen molar-refractivity contribution in [2.45, 2.75) is 0 Å². The number of aromatic nitrogens is 2. The maximum atomic E-state index is 9.94. The van der Waals surface area contributed by atoms with E-state index in [1.165, 1.54) is 0 Å². The van der Waals surface area contributed by atoms with Gasteiger partial charge in [0.05, 0.1) is 7.05 Å². The molecule has 1 aromatic heterocycles. The Labute approximate surface area is 71.8 Å². The zero-order valence-corrected chi connectivity index (χ0v) is 9.61. The molecule has 80 valence electrons. The monoisotopic (exact) mass is 378 g/mol. The van der Waals surface area contributed by atoms with Gasteiger partial charge < -0.3 is 0 Å². The Kier molecular flexibility index (Phi) is 2.66. The molecule has 1 heterocycles. The minimum absolute atomic E-state index is 1.88. The number of imidazole rings is 1. The van der Waals surface area contributed by atoms with Crippen LogP contribution < -0.4 is 4.57 Å². The molecule has 0 spiro atoms. The van der Waals surface area contributed by atoms with Crippen molar-refractivity contribution in [3.8, 4) is 0 Å². The van der Waals surface area contributed by atoms with Crippen LogP contribution in [0.4, 0.5) is 18.1 Å². The predicted molar refractivity (Wildman–Crippen MR) is 28.6 cm³/mol. The SMILES string of the molecule is C[n+]1cc[nH]c1.[F][Ta-]([F])([F])([F])([F])[F]. The van der Waals surface area contributed by atoms with E-state index in [9.17, 15) is 18.1 Å². The van der Waals surface area contributed by atoms with Crippen molar-refractivity contribution >= 4 is 0 Å². The van der Waals surface area contributed by atoms with E-state index in [1.807, 2.05) is 30.3 Å². The zero-order chi connectivity index (χ0) is 10.8. The van der Waals surface area contributed by atoms with E-state index in [0.717, 1.165) is 0 Å². The fourth-order valence-corrected chi connectivity index (χ4v) is 0.364. The quantitative estimate of drug-likeness (QED) is 0.529. The molecule has 0 amide bonds. The summed E-state index contributed by atoms with van der Waals surface area (Å²) in [5.41, 5.74) is 0. The van der Waals surface area contributed by atoms with E-state index in [-0.39, 0.29) is 0 Å². The zero-order valence-electron chi connectivity index (χ0n) is 6.39. The van der Waals surface area contributed by atoms with Crippen molar-refractivity contribution in [3.63, 3.8) is 0 Å². The van der Waals surface area contributed by atoms with Gasteiger partial charge in [-0.25, -0.2) is 4.57 Å². The van der Waals surface area contributed by atoms with Crippen molar-refractivity contribution in [1.82, 2.24) is 4.98 Å². The molecule has 0 aliphatic carbocycles. The number of H-pyrrole nitrogens is 1. The van der Waals surface area contributed by atoms with Crippen LogP contribution in [-0.2, 0) is 24.8 Å². The van der Waals surface area contributed by atoms with Gasteiger partial charge in [0.25, 0.3) is 0 Å². The fourth-order valence-electron chi connectivity index (χ4n) is 0.364. The van der Waals surface area contributed by atoms with Gasteiger partial charge in [0.1, 0.15) is 12.4 Å². The van der Waals surface area contributed by atoms with Crippen molar-refractivity contribution in [3.05, 3.63) is 18.7 Å². The molecular weight excluding hydrogens is 371 g/mol. The minimum atomic E-state index is -11.4. The Hall–Kier alpha value is -0.470. The molecule has 0 atom stereocenters. The summed E-state index contributed by atoms with van der Waals surface area (Å²) < 4.78 is 61.6. The number of hydrogen-bond acceptors (Lipinski definition) is 0. The van der Waals surface area contributed by atoms with E-state index < -0.39 is 17.8 Å². The van der Waals surface area contributed by atoms with E-state index in [1.54, 1.807) is 0 Å². The maximum absolute atomic E-state index is 11.4. The summed E-state index contributed by atoms with van der Waals surface area (Å²) in [6.45, 7) is 0. The van der Waals surface area contributed by atoms with Crippen LogP contribution >= 0.6 is 0 Å². The van der Waals surface area contributed by atoms with Gasteiger partial charge in [0, 0.05) is 0 Å². The Morgan fingerprint density at radius 2 is 1.46 bits per heavy atom. The van der Waals surface area contributed by atoms with Gasteiger partial charge >= 0.3 is 35.9 Å². The summed E-state index contributed by atoms with van der Waals surface area (Å²) in [5, 5.41) is 0. The Balaban J connectivity index is 0.000000223. The van der Waals surface area contributed by atoms with Crippen molar-refractivity contribution in [2.24, 2.45) is 7.05 Å². The number of aromatic amines is 1. The fraction of sp³-hybridized carbons (Fsp3) is 0.250. The molecule has 0 unspecified atom stereocenters. The van der Waals surface area contributed by atoms with E-state index >= 15 is 0 Å². The first-order chi connectivity index (χ1) is 5.34. The molecular formula is C4H7F6N2Ta. The molecule has 2 nitrogen and oxygen atoms in total. The second-order valence-electron chi connectivity index (χ2n) is 2.24. The van der Waals surface area contributed by atoms with Crippen molar-refractivity contribution < 1.29 is 40.5 Å². The molecule has 1 N–H and O–H groups in total. The molecule has 0 radical (unpaired) electrons. The first-order valence-electron chi connectivity index (χ1n) is 2.89. The van der Waals surface area contributed by atoms with Crippen LogP contribution in [0.3, 0.4) is 0 Å². The molecule has 0 aliphatic rings. The van der Waals surface area contributed by atoms with E-state index in [4.69, 9.17) is 0 Å². The number of aryl methyl sites for hydroxylation is 1. The average molecular weight is 378 g/mol. The normalized spacial score (nSPS) is 16.5. The van der Waals surface area contributed by atoms with Crippen LogP contribution in [-0.4, -0.2) is 4.98 Å². The Morgan fingerprint density at radius 1 is 1.08 bits per heavy atom.